The maximum absolute atomic E-state index is 13.0. The van der Waals surface area contributed by atoms with E-state index in [-0.39, 0.29) is 22.8 Å². The van der Waals surface area contributed by atoms with E-state index in [0.29, 0.717) is 24.0 Å². The summed E-state index contributed by atoms with van der Waals surface area (Å²) in [5.74, 6) is 1.07. The molecule has 1 aromatic carbocycles. The smallest absolute Gasteiger partial charge is 0.245 e. The molecule has 0 bridgehead atoms. The second-order valence-corrected chi connectivity index (χ2v) is 9.66. The molecular weight excluding hydrogens is 431 g/mol. The highest BCUT2D eigenvalue weighted by Gasteiger charge is 2.29. The van der Waals surface area contributed by atoms with Crippen LogP contribution in [0.3, 0.4) is 0 Å². The van der Waals surface area contributed by atoms with Crippen molar-refractivity contribution >= 4 is 15.8 Å². The lowest BCUT2D eigenvalue weighted by Crippen LogP contribution is -2.41. The van der Waals surface area contributed by atoms with Crippen molar-refractivity contribution in [2.45, 2.75) is 51.2 Å². The van der Waals surface area contributed by atoms with Gasteiger partial charge in [-0.2, -0.15) is 4.31 Å². The first-order valence-electron chi connectivity index (χ1n) is 10.3. The molecule has 0 unspecified atom stereocenters. The van der Waals surface area contributed by atoms with E-state index in [2.05, 4.69) is 15.3 Å². The SMILES string of the molecule is CC(C)N(C(C)C)S(=O)(=O)c1ccc(NCc2ccnc(Oc3ccc(F)cc3)c2)nc1. The monoisotopic (exact) mass is 458 g/mol. The maximum Gasteiger partial charge on any atom is 0.245 e. The minimum absolute atomic E-state index is 0.157. The zero-order chi connectivity index (χ0) is 23.3. The first kappa shape index (κ1) is 23.6. The number of ether oxygens (including phenoxy) is 1. The van der Waals surface area contributed by atoms with Gasteiger partial charge in [-0.3, -0.25) is 0 Å². The van der Waals surface area contributed by atoms with E-state index in [4.69, 9.17) is 4.74 Å². The van der Waals surface area contributed by atoms with E-state index in [1.165, 1.54) is 34.8 Å². The Hall–Kier alpha value is -3.04. The van der Waals surface area contributed by atoms with Gasteiger partial charge >= 0.3 is 0 Å². The molecule has 0 spiro atoms. The fourth-order valence-corrected chi connectivity index (χ4v) is 5.12. The van der Waals surface area contributed by atoms with Crippen molar-refractivity contribution in [3.05, 3.63) is 72.3 Å². The Labute approximate surface area is 188 Å². The summed E-state index contributed by atoms with van der Waals surface area (Å²) < 4.78 is 46.0. The number of nitrogens with zero attached hydrogens (tertiary/aromatic N) is 3. The van der Waals surface area contributed by atoms with Crippen molar-refractivity contribution in [3.63, 3.8) is 0 Å². The average molecular weight is 459 g/mol. The molecule has 0 aliphatic carbocycles. The van der Waals surface area contributed by atoms with E-state index >= 15 is 0 Å². The molecule has 0 atom stereocenters. The Balaban J connectivity index is 1.66. The fourth-order valence-electron chi connectivity index (χ4n) is 3.34. The summed E-state index contributed by atoms with van der Waals surface area (Å²) in [5.41, 5.74) is 0.890. The van der Waals surface area contributed by atoms with Gasteiger partial charge in [0, 0.05) is 37.1 Å². The first-order valence-corrected chi connectivity index (χ1v) is 11.7. The number of aromatic nitrogens is 2. The number of sulfonamides is 1. The Morgan fingerprint density at radius 2 is 1.69 bits per heavy atom. The molecule has 0 aliphatic heterocycles. The first-order chi connectivity index (χ1) is 15.2. The molecule has 170 valence electrons. The molecule has 0 amide bonds. The summed E-state index contributed by atoms with van der Waals surface area (Å²) in [5, 5.41) is 3.16. The highest BCUT2D eigenvalue weighted by Crippen LogP contribution is 2.23. The van der Waals surface area contributed by atoms with Crippen LogP contribution in [0.5, 0.6) is 11.6 Å². The molecule has 0 fully saturated rings. The van der Waals surface area contributed by atoms with Crippen LogP contribution >= 0.6 is 0 Å². The van der Waals surface area contributed by atoms with Gasteiger partial charge in [-0.15, -0.1) is 0 Å². The molecule has 3 rings (SSSR count). The minimum Gasteiger partial charge on any atom is -0.439 e. The molecule has 2 heterocycles. The lowest BCUT2D eigenvalue weighted by molar-refractivity contribution is 0.302. The van der Waals surface area contributed by atoms with Gasteiger partial charge in [-0.1, -0.05) is 0 Å². The summed E-state index contributed by atoms with van der Waals surface area (Å²) in [6.45, 7) is 7.84. The van der Waals surface area contributed by atoms with E-state index in [1.807, 2.05) is 33.8 Å². The Kier molecular flexibility index (Phi) is 7.42. The van der Waals surface area contributed by atoms with Crippen LogP contribution in [-0.2, 0) is 16.6 Å². The van der Waals surface area contributed by atoms with Gasteiger partial charge in [-0.05, 0) is 75.7 Å². The highest BCUT2D eigenvalue weighted by atomic mass is 32.2. The zero-order valence-corrected chi connectivity index (χ0v) is 19.3. The molecule has 0 radical (unpaired) electrons. The number of anilines is 1. The summed E-state index contributed by atoms with van der Waals surface area (Å²) in [4.78, 5) is 8.58. The van der Waals surface area contributed by atoms with Crippen molar-refractivity contribution in [3.8, 4) is 11.6 Å². The molecule has 0 saturated carbocycles. The average Bonchev–Trinajstić information content (AvgIpc) is 2.74. The minimum atomic E-state index is -3.63. The molecule has 2 aromatic heterocycles. The van der Waals surface area contributed by atoms with E-state index in [9.17, 15) is 12.8 Å². The van der Waals surface area contributed by atoms with Crippen LogP contribution < -0.4 is 10.1 Å². The van der Waals surface area contributed by atoms with Crippen LogP contribution in [0.4, 0.5) is 10.2 Å². The number of halogens is 1. The van der Waals surface area contributed by atoms with Crippen molar-refractivity contribution < 1.29 is 17.5 Å². The number of pyridine rings is 2. The predicted molar refractivity (Wildman–Crippen MR) is 122 cm³/mol. The molecule has 0 aliphatic rings. The fraction of sp³-hybridized carbons (Fsp3) is 0.304. The van der Waals surface area contributed by atoms with Crippen molar-refractivity contribution in [1.29, 1.82) is 0 Å². The highest BCUT2D eigenvalue weighted by molar-refractivity contribution is 7.89. The van der Waals surface area contributed by atoms with E-state index in [0.717, 1.165) is 5.56 Å². The van der Waals surface area contributed by atoms with Crippen molar-refractivity contribution in [1.82, 2.24) is 14.3 Å². The van der Waals surface area contributed by atoms with Gasteiger partial charge in [0.25, 0.3) is 0 Å². The lowest BCUT2D eigenvalue weighted by atomic mass is 10.2. The number of hydrogen-bond donors (Lipinski definition) is 1. The molecule has 3 aromatic rings. The van der Waals surface area contributed by atoms with Crippen molar-refractivity contribution in [2.24, 2.45) is 0 Å². The van der Waals surface area contributed by atoms with Gasteiger partial charge in [0.2, 0.25) is 15.9 Å². The van der Waals surface area contributed by atoms with Crippen LogP contribution in [0.1, 0.15) is 33.3 Å². The van der Waals surface area contributed by atoms with E-state index < -0.39 is 10.0 Å². The molecule has 32 heavy (non-hydrogen) atoms. The van der Waals surface area contributed by atoms with Gasteiger partial charge in [0.05, 0.1) is 0 Å². The summed E-state index contributed by atoms with van der Waals surface area (Å²) in [6, 6.07) is 12.2. The van der Waals surface area contributed by atoms with Gasteiger partial charge in [0.1, 0.15) is 22.3 Å². The normalized spacial score (nSPS) is 11.9. The van der Waals surface area contributed by atoms with Crippen LogP contribution in [-0.4, -0.2) is 34.8 Å². The maximum atomic E-state index is 13.0. The number of hydrogen-bond acceptors (Lipinski definition) is 6. The topological polar surface area (TPSA) is 84.4 Å². The van der Waals surface area contributed by atoms with Gasteiger partial charge < -0.3 is 10.1 Å². The molecule has 9 heteroatoms. The number of nitrogens with one attached hydrogen (secondary N) is 1. The van der Waals surface area contributed by atoms with Gasteiger partial charge in [-0.25, -0.2) is 22.8 Å². The third-order valence-corrected chi connectivity index (χ3v) is 6.87. The van der Waals surface area contributed by atoms with Gasteiger partial charge in [0.15, 0.2) is 0 Å². The van der Waals surface area contributed by atoms with Crippen LogP contribution in [0.2, 0.25) is 0 Å². The number of rotatable bonds is 9. The molecule has 7 nitrogen and oxygen atoms in total. The second kappa shape index (κ2) is 10.1. The van der Waals surface area contributed by atoms with Crippen molar-refractivity contribution in [2.75, 3.05) is 5.32 Å². The predicted octanol–water partition coefficient (Wildman–Crippen LogP) is 4.83. The standard InChI is InChI=1S/C23H27FN4O3S/c1-16(2)28(17(3)4)32(29,30)21-9-10-22(27-15-21)26-14-18-11-12-25-23(13-18)31-20-7-5-19(24)6-8-20/h5-13,15-17H,14H2,1-4H3,(H,26,27). The second-order valence-electron chi connectivity index (χ2n) is 7.81. The summed E-state index contributed by atoms with van der Waals surface area (Å²) >= 11 is 0. The number of benzene rings is 1. The van der Waals surface area contributed by atoms with Crippen LogP contribution in [0.25, 0.3) is 0 Å². The largest absolute Gasteiger partial charge is 0.439 e. The quantitative estimate of drug-likeness (QED) is 0.495. The summed E-state index contributed by atoms with van der Waals surface area (Å²) in [6.07, 6.45) is 2.98. The third kappa shape index (κ3) is 5.80. The van der Waals surface area contributed by atoms with E-state index in [1.54, 1.807) is 24.4 Å². The lowest BCUT2D eigenvalue weighted by Gasteiger charge is -2.29. The summed E-state index contributed by atoms with van der Waals surface area (Å²) in [7, 11) is -3.63. The Bertz CT molecular complexity index is 1130. The Morgan fingerprint density at radius 1 is 1.00 bits per heavy atom. The molecule has 1 N–H and O–H groups in total. The zero-order valence-electron chi connectivity index (χ0n) is 18.5. The molecular formula is C23H27FN4O3S. The third-order valence-electron chi connectivity index (χ3n) is 4.64. The molecule has 0 saturated heterocycles. The van der Waals surface area contributed by atoms with Crippen LogP contribution in [0.15, 0.2) is 65.8 Å². The van der Waals surface area contributed by atoms with Crippen LogP contribution in [0, 0.1) is 5.82 Å². The Morgan fingerprint density at radius 3 is 2.28 bits per heavy atom.